The molecule has 20 heavy (non-hydrogen) atoms. The van der Waals surface area contributed by atoms with Crippen LogP contribution in [0.15, 0.2) is 18.2 Å². The maximum Gasteiger partial charge on any atom is 0.260 e. The van der Waals surface area contributed by atoms with Crippen LogP contribution in [0.4, 0.5) is 5.69 Å². The molecule has 1 rings (SSSR count). The van der Waals surface area contributed by atoms with Crippen molar-refractivity contribution in [2.75, 3.05) is 12.3 Å². The molecule has 0 bridgehead atoms. The van der Waals surface area contributed by atoms with Crippen LogP contribution in [0.5, 0.6) is 5.75 Å². The molecule has 0 aromatic heterocycles. The molecule has 0 spiro atoms. The van der Waals surface area contributed by atoms with E-state index in [-0.39, 0.29) is 11.7 Å². The number of carbonyl (C=O) groups excluding carboxylic acids is 2. The maximum atomic E-state index is 11.8. The molecule has 0 radical (unpaired) electrons. The van der Waals surface area contributed by atoms with Gasteiger partial charge in [-0.1, -0.05) is 13.3 Å². The molecule has 1 atom stereocenters. The highest BCUT2D eigenvalue weighted by Gasteiger charge is 2.17. The molecule has 0 saturated carbocycles. The van der Waals surface area contributed by atoms with Crippen molar-refractivity contribution in [3.05, 3.63) is 23.8 Å². The van der Waals surface area contributed by atoms with Crippen molar-refractivity contribution in [1.29, 1.82) is 0 Å². The van der Waals surface area contributed by atoms with E-state index >= 15 is 0 Å². The summed E-state index contributed by atoms with van der Waals surface area (Å²) < 4.78 is 5.57. The van der Waals surface area contributed by atoms with Gasteiger partial charge in [-0.3, -0.25) is 9.59 Å². The number of carbonyl (C=O) groups is 2. The maximum absolute atomic E-state index is 11.8. The van der Waals surface area contributed by atoms with E-state index in [1.165, 1.54) is 6.92 Å². The zero-order valence-electron chi connectivity index (χ0n) is 12.2. The fourth-order valence-electron chi connectivity index (χ4n) is 1.70. The molecule has 0 fully saturated rings. The van der Waals surface area contributed by atoms with Crippen molar-refractivity contribution >= 4 is 17.4 Å². The number of hydrogen-bond acceptors (Lipinski definition) is 4. The lowest BCUT2D eigenvalue weighted by Gasteiger charge is -2.16. The van der Waals surface area contributed by atoms with Gasteiger partial charge in [0.25, 0.3) is 5.91 Å². The molecular weight excluding hydrogens is 256 g/mol. The number of nitrogen functional groups attached to an aromatic ring is 1. The van der Waals surface area contributed by atoms with Crippen molar-refractivity contribution in [1.82, 2.24) is 5.32 Å². The minimum atomic E-state index is -0.659. The summed E-state index contributed by atoms with van der Waals surface area (Å²) in [6, 6.07) is 4.81. The lowest BCUT2D eigenvalue weighted by molar-refractivity contribution is -0.127. The van der Waals surface area contributed by atoms with Gasteiger partial charge in [-0.05, 0) is 38.5 Å². The third-order valence-electron chi connectivity index (χ3n) is 2.89. The van der Waals surface area contributed by atoms with Gasteiger partial charge in [0.05, 0.1) is 5.56 Å². The van der Waals surface area contributed by atoms with Crippen LogP contribution in [0.25, 0.3) is 0 Å². The van der Waals surface area contributed by atoms with Crippen LogP contribution in [0.2, 0.25) is 0 Å². The number of anilines is 1. The molecule has 1 aromatic carbocycles. The Bertz CT molecular complexity index is 486. The second-order valence-electron chi connectivity index (χ2n) is 4.72. The second-order valence-corrected chi connectivity index (χ2v) is 4.72. The van der Waals surface area contributed by atoms with Crippen LogP contribution < -0.4 is 15.8 Å². The number of amides is 1. The number of nitrogens with one attached hydrogen (secondary N) is 1. The summed E-state index contributed by atoms with van der Waals surface area (Å²) in [7, 11) is 0. The Morgan fingerprint density at radius 1 is 1.40 bits per heavy atom. The fraction of sp³-hybridized carbons (Fsp3) is 0.467. The van der Waals surface area contributed by atoms with E-state index in [2.05, 4.69) is 12.2 Å². The Morgan fingerprint density at radius 3 is 2.70 bits per heavy atom. The summed E-state index contributed by atoms with van der Waals surface area (Å²) in [4.78, 5) is 23.4. The van der Waals surface area contributed by atoms with E-state index in [0.29, 0.717) is 23.5 Å². The summed E-state index contributed by atoms with van der Waals surface area (Å²) in [5.74, 6) is 0.0421. The SMILES string of the molecule is CCCCNC(=O)C(C)Oc1ccc(N)cc1C(C)=O. The van der Waals surface area contributed by atoms with Crippen molar-refractivity contribution in [2.45, 2.75) is 39.7 Å². The van der Waals surface area contributed by atoms with Crippen molar-refractivity contribution in [3.63, 3.8) is 0 Å². The average Bonchev–Trinajstić information content (AvgIpc) is 2.40. The average molecular weight is 278 g/mol. The molecule has 110 valence electrons. The number of benzene rings is 1. The first-order valence-electron chi connectivity index (χ1n) is 6.80. The first kappa shape index (κ1) is 16.0. The summed E-state index contributed by atoms with van der Waals surface area (Å²) in [5, 5.41) is 2.79. The Balaban J connectivity index is 2.72. The fourth-order valence-corrected chi connectivity index (χ4v) is 1.70. The molecule has 1 amide bonds. The largest absolute Gasteiger partial charge is 0.480 e. The Labute approximate surface area is 119 Å². The van der Waals surface area contributed by atoms with E-state index in [0.717, 1.165) is 12.8 Å². The molecule has 0 aliphatic heterocycles. The lowest BCUT2D eigenvalue weighted by atomic mass is 10.1. The van der Waals surface area contributed by atoms with Gasteiger partial charge < -0.3 is 15.8 Å². The zero-order valence-corrected chi connectivity index (χ0v) is 12.2. The second kappa shape index (κ2) is 7.53. The molecule has 1 unspecified atom stereocenters. The van der Waals surface area contributed by atoms with Crippen LogP contribution in [-0.4, -0.2) is 24.3 Å². The molecule has 0 saturated heterocycles. The normalized spacial score (nSPS) is 11.8. The highest BCUT2D eigenvalue weighted by molar-refractivity contribution is 5.97. The smallest absolute Gasteiger partial charge is 0.260 e. The molecule has 0 aliphatic rings. The third-order valence-corrected chi connectivity index (χ3v) is 2.89. The Hall–Kier alpha value is -2.04. The number of ether oxygens (including phenoxy) is 1. The molecule has 3 N–H and O–H groups in total. The number of Topliss-reactive ketones (excluding diaryl/α,β-unsaturated/α-hetero) is 1. The molecule has 5 heteroatoms. The number of ketones is 1. The van der Waals surface area contributed by atoms with Gasteiger partial charge >= 0.3 is 0 Å². The highest BCUT2D eigenvalue weighted by Crippen LogP contribution is 2.23. The van der Waals surface area contributed by atoms with Crippen LogP contribution in [0, 0.1) is 0 Å². The summed E-state index contributed by atoms with van der Waals surface area (Å²) in [6.07, 6.45) is 1.29. The van der Waals surface area contributed by atoms with Gasteiger partial charge in [0.15, 0.2) is 11.9 Å². The van der Waals surface area contributed by atoms with Gasteiger partial charge in [0.1, 0.15) is 5.75 Å². The van der Waals surface area contributed by atoms with E-state index in [1.807, 2.05) is 0 Å². The number of nitrogens with two attached hydrogens (primary N) is 1. The molecule has 0 aliphatic carbocycles. The van der Waals surface area contributed by atoms with Crippen LogP contribution >= 0.6 is 0 Å². The van der Waals surface area contributed by atoms with Crippen molar-refractivity contribution in [3.8, 4) is 5.75 Å². The van der Waals surface area contributed by atoms with Gasteiger partial charge in [0.2, 0.25) is 0 Å². The lowest BCUT2D eigenvalue weighted by Crippen LogP contribution is -2.37. The summed E-state index contributed by atoms with van der Waals surface area (Å²) in [6.45, 7) is 5.78. The van der Waals surface area contributed by atoms with Crippen LogP contribution in [-0.2, 0) is 4.79 Å². The molecule has 5 nitrogen and oxygen atoms in total. The molecule has 0 heterocycles. The highest BCUT2D eigenvalue weighted by atomic mass is 16.5. The predicted molar refractivity (Wildman–Crippen MR) is 78.9 cm³/mol. The van der Waals surface area contributed by atoms with Crippen LogP contribution in [0.3, 0.4) is 0 Å². The van der Waals surface area contributed by atoms with Crippen LogP contribution in [0.1, 0.15) is 44.0 Å². The monoisotopic (exact) mass is 278 g/mol. The number of hydrogen-bond donors (Lipinski definition) is 2. The number of unbranched alkanes of at least 4 members (excludes halogenated alkanes) is 1. The van der Waals surface area contributed by atoms with Crippen molar-refractivity contribution < 1.29 is 14.3 Å². The Morgan fingerprint density at radius 2 is 2.10 bits per heavy atom. The van der Waals surface area contributed by atoms with Gasteiger partial charge in [-0.25, -0.2) is 0 Å². The summed E-state index contributed by atoms with van der Waals surface area (Å²) >= 11 is 0. The standard InChI is InChI=1S/C15H22N2O3/c1-4-5-8-17-15(19)11(3)20-14-7-6-12(16)9-13(14)10(2)18/h6-7,9,11H,4-5,8,16H2,1-3H3,(H,17,19). The summed E-state index contributed by atoms with van der Waals surface area (Å²) in [5.41, 5.74) is 6.53. The van der Waals surface area contributed by atoms with Gasteiger partial charge in [-0.15, -0.1) is 0 Å². The third kappa shape index (κ3) is 4.57. The Kier molecular flexibility index (Phi) is 6.03. The van der Waals surface area contributed by atoms with Crippen molar-refractivity contribution in [2.24, 2.45) is 0 Å². The predicted octanol–water partition coefficient (Wildman–Crippen LogP) is 2.16. The minimum absolute atomic E-state index is 0.147. The minimum Gasteiger partial charge on any atom is -0.480 e. The van der Waals surface area contributed by atoms with E-state index < -0.39 is 6.10 Å². The first-order chi connectivity index (χ1) is 9.45. The van der Waals surface area contributed by atoms with E-state index in [9.17, 15) is 9.59 Å². The van der Waals surface area contributed by atoms with E-state index in [1.54, 1.807) is 25.1 Å². The molecular formula is C15H22N2O3. The zero-order chi connectivity index (χ0) is 15.1. The quantitative estimate of drug-likeness (QED) is 0.455. The van der Waals surface area contributed by atoms with Gasteiger partial charge in [0, 0.05) is 12.2 Å². The topological polar surface area (TPSA) is 81.4 Å². The van der Waals surface area contributed by atoms with E-state index in [4.69, 9.17) is 10.5 Å². The number of rotatable bonds is 7. The molecule has 1 aromatic rings. The first-order valence-corrected chi connectivity index (χ1v) is 6.80. The van der Waals surface area contributed by atoms with Gasteiger partial charge in [-0.2, -0.15) is 0 Å².